The molecule has 0 aliphatic heterocycles. The SMILES string of the molecule is CN=C/C(=C\N)c1nc(NCCCc2ccc(-c3ccc(OC(F)(F)F)cc3)cc2)c2cc(C)sc2n1. The molecule has 0 spiro atoms. The van der Waals surface area contributed by atoms with Crippen molar-refractivity contribution in [3.63, 3.8) is 0 Å². The first-order valence-electron chi connectivity index (χ1n) is 11.6. The summed E-state index contributed by atoms with van der Waals surface area (Å²) in [5.41, 5.74) is 9.31. The Kier molecular flexibility index (Phi) is 8.08. The predicted molar refractivity (Wildman–Crippen MR) is 144 cm³/mol. The number of rotatable bonds is 9. The van der Waals surface area contributed by atoms with Crippen LogP contribution in [0.2, 0.25) is 0 Å². The third-order valence-electron chi connectivity index (χ3n) is 5.53. The van der Waals surface area contributed by atoms with Crippen LogP contribution >= 0.6 is 11.3 Å². The zero-order chi connectivity index (χ0) is 26.4. The van der Waals surface area contributed by atoms with E-state index in [1.165, 1.54) is 18.3 Å². The highest BCUT2D eigenvalue weighted by atomic mass is 32.1. The number of fused-ring (bicyclic) bond motifs is 1. The summed E-state index contributed by atoms with van der Waals surface area (Å²) in [5.74, 6) is 1.06. The van der Waals surface area contributed by atoms with E-state index in [4.69, 9.17) is 10.7 Å². The van der Waals surface area contributed by atoms with Gasteiger partial charge in [0.25, 0.3) is 0 Å². The van der Waals surface area contributed by atoms with Crippen LogP contribution in [0.25, 0.3) is 26.9 Å². The van der Waals surface area contributed by atoms with Crippen LogP contribution in [0.3, 0.4) is 0 Å². The lowest BCUT2D eigenvalue weighted by atomic mass is 10.0. The van der Waals surface area contributed by atoms with E-state index in [9.17, 15) is 13.2 Å². The molecule has 0 radical (unpaired) electrons. The van der Waals surface area contributed by atoms with Gasteiger partial charge in [-0.05, 0) is 54.7 Å². The summed E-state index contributed by atoms with van der Waals surface area (Å²) in [7, 11) is 1.67. The molecule has 0 saturated heterocycles. The van der Waals surface area contributed by atoms with Gasteiger partial charge in [-0.3, -0.25) is 4.99 Å². The minimum atomic E-state index is -4.70. The van der Waals surface area contributed by atoms with Gasteiger partial charge >= 0.3 is 6.36 Å². The number of aromatic nitrogens is 2. The molecule has 4 aromatic rings. The molecule has 6 nitrogen and oxygen atoms in total. The van der Waals surface area contributed by atoms with Crippen LogP contribution < -0.4 is 15.8 Å². The van der Waals surface area contributed by atoms with Crippen molar-refractivity contribution in [2.45, 2.75) is 26.1 Å². The zero-order valence-corrected chi connectivity index (χ0v) is 21.2. The Balaban J connectivity index is 1.37. The highest BCUT2D eigenvalue weighted by Crippen LogP contribution is 2.30. The molecule has 3 N–H and O–H groups in total. The number of nitrogens with two attached hydrogens (primary N) is 1. The third kappa shape index (κ3) is 6.85. The second-order valence-corrected chi connectivity index (χ2v) is 9.52. The molecule has 2 aromatic carbocycles. The fourth-order valence-electron chi connectivity index (χ4n) is 3.83. The number of allylic oxidation sites excluding steroid dienone is 1. The molecule has 0 aliphatic carbocycles. The Bertz CT molecular complexity index is 1410. The molecule has 192 valence electrons. The molecular formula is C27H26F3N5OS. The van der Waals surface area contributed by atoms with Crippen molar-refractivity contribution in [3.8, 4) is 16.9 Å². The number of halogens is 3. The fourth-order valence-corrected chi connectivity index (χ4v) is 4.71. The molecule has 0 bridgehead atoms. The monoisotopic (exact) mass is 525 g/mol. The van der Waals surface area contributed by atoms with E-state index < -0.39 is 6.36 Å². The number of nitrogens with one attached hydrogen (secondary N) is 1. The van der Waals surface area contributed by atoms with Crippen molar-refractivity contribution < 1.29 is 17.9 Å². The number of thiophene rings is 1. The molecule has 4 rings (SSSR count). The van der Waals surface area contributed by atoms with Crippen LogP contribution in [0.4, 0.5) is 19.0 Å². The van der Waals surface area contributed by atoms with E-state index in [1.807, 2.05) is 31.2 Å². The number of hydrogen-bond donors (Lipinski definition) is 2. The van der Waals surface area contributed by atoms with Crippen LogP contribution in [0.5, 0.6) is 5.75 Å². The van der Waals surface area contributed by atoms with E-state index in [0.717, 1.165) is 50.4 Å². The van der Waals surface area contributed by atoms with E-state index in [2.05, 4.69) is 26.1 Å². The molecule has 10 heteroatoms. The van der Waals surface area contributed by atoms with Crippen molar-refractivity contribution in [1.82, 2.24) is 9.97 Å². The van der Waals surface area contributed by atoms with Gasteiger partial charge in [0.2, 0.25) is 0 Å². The van der Waals surface area contributed by atoms with Crippen LogP contribution in [-0.2, 0) is 6.42 Å². The maximum Gasteiger partial charge on any atom is 0.573 e. The minimum absolute atomic E-state index is 0.236. The van der Waals surface area contributed by atoms with Crippen LogP contribution in [0, 0.1) is 6.92 Å². The summed E-state index contributed by atoms with van der Waals surface area (Å²) in [4.78, 5) is 15.4. The summed E-state index contributed by atoms with van der Waals surface area (Å²) < 4.78 is 41.0. The van der Waals surface area contributed by atoms with Gasteiger partial charge in [-0.15, -0.1) is 24.5 Å². The number of aliphatic imine (C=N–C) groups is 1. The van der Waals surface area contributed by atoms with E-state index in [0.29, 0.717) is 17.9 Å². The maximum atomic E-state index is 12.4. The highest BCUT2D eigenvalue weighted by Gasteiger charge is 2.30. The number of alkyl halides is 3. The summed E-state index contributed by atoms with van der Waals surface area (Å²) in [6.07, 6.45) is 0.123. The second-order valence-electron chi connectivity index (χ2n) is 8.28. The lowest BCUT2D eigenvalue weighted by molar-refractivity contribution is -0.274. The van der Waals surface area contributed by atoms with Crippen molar-refractivity contribution in [2.75, 3.05) is 18.9 Å². The Morgan fingerprint density at radius 1 is 1.08 bits per heavy atom. The largest absolute Gasteiger partial charge is 0.573 e. The first-order chi connectivity index (χ1) is 17.8. The topological polar surface area (TPSA) is 85.4 Å². The third-order valence-corrected chi connectivity index (χ3v) is 6.48. The number of anilines is 1. The fraction of sp³-hybridized carbons (Fsp3) is 0.222. The molecule has 0 amide bonds. The number of benzene rings is 2. The minimum Gasteiger partial charge on any atom is -0.406 e. The van der Waals surface area contributed by atoms with Gasteiger partial charge < -0.3 is 15.8 Å². The first-order valence-corrected chi connectivity index (χ1v) is 12.4. The summed E-state index contributed by atoms with van der Waals surface area (Å²) in [6.45, 7) is 2.75. The number of aryl methyl sites for hydroxylation is 2. The average Bonchev–Trinajstić information content (AvgIpc) is 3.25. The maximum absolute atomic E-state index is 12.4. The standard InChI is InChI=1S/C27H26F3N5OS/c1-17-14-23-25(34-24(35-26(23)37-17)21(15-31)16-32-2)33-13-3-4-18-5-7-19(8-6-18)20-9-11-22(12-10-20)36-27(28,29)30/h5-12,14-16H,3-4,13,31H2,1-2H3,(H,33,34,35)/b21-15+,32-16?. The van der Waals surface area contributed by atoms with Crippen molar-refractivity contribution in [1.29, 1.82) is 0 Å². The molecule has 0 unspecified atom stereocenters. The Labute approximate surface area is 216 Å². The molecule has 37 heavy (non-hydrogen) atoms. The summed E-state index contributed by atoms with van der Waals surface area (Å²) in [5, 5.41) is 4.42. The van der Waals surface area contributed by atoms with Gasteiger partial charge in [0.15, 0.2) is 5.82 Å². The van der Waals surface area contributed by atoms with Gasteiger partial charge in [0.1, 0.15) is 16.4 Å². The predicted octanol–water partition coefficient (Wildman–Crippen LogP) is 6.61. The van der Waals surface area contributed by atoms with Crippen LogP contribution in [-0.4, -0.2) is 36.1 Å². The van der Waals surface area contributed by atoms with E-state index >= 15 is 0 Å². The number of hydrogen-bond acceptors (Lipinski definition) is 7. The number of ether oxygens (including phenoxy) is 1. The molecule has 0 aliphatic rings. The smallest absolute Gasteiger partial charge is 0.406 e. The molecule has 0 fully saturated rings. The normalized spacial score (nSPS) is 12.4. The molecule has 2 heterocycles. The average molecular weight is 526 g/mol. The number of nitrogens with zero attached hydrogens (tertiary/aromatic N) is 3. The van der Waals surface area contributed by atoms with E-state index in [1.54, 1.807) is 36.7 Å². The Hall–Kier alpha value is -3.92. The highest BCUT2D eigenvalue weighted by molar-refractivity contribution is 7.18. The van der Waals surface area contributed by atoms with Crippen LogP contribution in [0.15, 0.2) is 65.8 Å². The first kappa shape index (κ1) is 26.2. The Morgan fingerprint density at radius 2 is 1.76 bits per heavy atom. The van der Waals surface area contributed by atoms with Crippen molar-refractivity contribution in [2.24, 2.45) is 10.7 Å². The molecular weight excluding hydrogens is 499 g/mol. The second kappa shape index (κ2) is 11.4. The molecule has 0 saturated carbocycles. The molecule has 2 aromatic heterocycles. The van der Waals surface area contributed by atoms with Crippen molar-refractivity contribution >= 4 is 39.2 Å². The molecule has 0 atom stereocenters. The van der Waals surface area contributed by atoms with E-state index in [-0.39, 0.29) is 5.75 Å². The van der Waals surface area contributed by atoms with Gasteiger partial charge in [0.05, 0.1) is 11.0 Å². The van der Waals surface area contributed by atoms with Gasteiger partial charge in [-0.25, -0.2) is 9.97 Å². The van der Waals surface area contributed by atoms with Gasteiger partial charge in [-0.1, -0.05) is 36.4 Å². The zero-order valence-electron chi connectivity index (χ0n) is 20.3. The van der Waals surface area contributed by atoms with Crippen molar-refractivity contribution in [3.05, 3.63) is 77.1 Å². The van der Waals surface area contributed by atoms with Crippen LogP contribution in [0.1, 0.15) is 22.7 Å². The lowest BCUT2D eigenvalue weighted by Crippen LogP contribution is -2.16. The van der Waals surface area contributed by atoms with Gasteiger partial charge in [-0.2, -0.15) is 0 Å². The van der Waals surface area contributed by atoms with Gasteiger partial charge in [0, 0.05) is 30.9 Å². The Morgan fingerprint density at radius 3 is 2.38 bits per heavy atom. The summed E-state index contributed by atoms with van der Waals surface area (Å²) >= 11 is 1.60. The quantitative estimate of drug-likeness (QED) is 0.190. The lowest BCUT2D eigenvalue weighted by Gasteiger charge is -2.10. The summed E-state index contributed by atoms with van der Waals surface area (Å²) in [6, 6.07) is 15.9.